The summed E-state index contributed by atoms with van der Waals surface area (Å²) in [5.74, 6) is -0.476. The van der Waals surface area contributed by atoms with Crippen LogP contribution in [0.1, 0.15) is 28.9 Å². The van der Waals surface area contributed by atoms with E-state index >= 15 is 0 Å². The molecule has 2 amide bonds. The summed E-state index contributed by atoms with van der Waals surface area (Å²) in [5.41, 5.74) is 7.32. The molecule has 0 saturated carbocycles. The molecule has 2 heterocycles. The number of benzene rings is 2. The van der Waals surface area contributed by atoms with Gasteiger partial charge in [0, 0.05) is 41.4 Å². The molecule has 5 nitrogen and oxygen atoms in total. The standard InChI is InChI=1S/C25H27N3O2/c1-16-5-10-23(13-17(16)2)27-15-20(14-24(27)29)25(30)26-21-8-11-22(12-9-21)28-18(3)6-7-19(28)4/h5-13,20H,14-15H2,1-4H3,(H,26,30)/t20-/m1/s1. The second-order valence-electron chi connectivity index (χ2n) is 8.16. The van der Waals surface area contributed by atoms with E-state index in [0.29, 0.717) is 6.54 Å². The van der Waals surface area contributed by atoms with Gasteiger partial charge in [0.05, 0.1) is 5.92 Å². The van der Waals surface area contributed by atoms with Gasteiger partial charge in [-0.05, 0) is 87.4 Å². The van der Waals surface area contributed by atoms with Gasteiger partial charge >= 0.3 is 0 Å². The van der Waals surface area contributed by atoms with Crippen LogP contribution in [0.3, 0.4) is 0 Å². The Morgan fingerprint density at radius 1 is 0.867 bits per heavy atom. The molecule has 0 unspecified atom stereocenters. The van der Waals surface area contributed by atoms with Crippen molar-refractivity contribution in [3.05, 3.63) is 77.1 Å². The van der Waals surface area contributed by atoms with Gasteiger partial charge in [0.15, 0.2) is 0 Å². The lowest BCUT2D eigenvalue weighted by molar-refractivity contribution is -0.122. The Labute approximate surface area is 177 Å². The summed E-state index contributed by atoms with van der Waals surface area (Å²) >= 11 is 0. The first-order chi connectivity index (χ1) is 14.3. The minimum atomic E-state index is -0.354. The molecule has 1 fully saturated rings. The number of carbonyl (C=O) groups excluding carboxylic acids is 2. The van der Waals surface area contributed by atoms with E-state index in [9.17, 15) is 9.59 Å². The van der Waals surface area contributed by atoms with E-state index in [1.165, 1.54) is 17.0 Å². The lowest BCUT2D eigenvalue weighted by Gasteiger charge is -2.18. The number of aryl methyl sites for hydroxylation is 4. The van der Waals surface area contributed by atoms with Gasteiger partial charge in [-0.15, -0.1) is 0 Å². The Kier molecular flexibility index (Phi) is 5.20. The Hall–Kier alpha value is -3.34. The zero-order chi connectivity index (χ0) is 21.4. The highest BCUT2D eigenvalue weighted by Gasteiger charge is 2.35. The van der Waals surface area contributed by atoms with Crippen LogP contribution in [0.5, 0.6) is 0 Å². The molecule has 1 saturated heterocycles. The second-order valence-corrected chi connectivity index (χ2v) is 8.16. The molecule has 30 heavy (non-hydrogen) atoms. The Bertz CT molecular complexity index is 1090. The van der Waals surface area contributed by atoms with Crippen molar-refractivity contribution in [3.8, 4) is 5.69 Å². The van der Waals surface area contributed by atoms with Crippen molar-refractivity contribution in [1.82, 2.24) is 4.57 Å². The summed E-state index contributed by atoms with van der Waals surface area (Å²) in [6.45, 7) is 8.63. The summed E-state index contributed by atoms with van der Waals surface area (Å²) in [6, 6.07) is 18.0. The first-order valence-corrected chi connectivity index (χ1v) is 10.3. The summed E-state index contributed by atoms with van der Waals surface area (Å²) in [6.07, 6.45) is 0.235. The summed E-state index contributed by atoms with van der Waals surface area (Å²) in [4.78, 5) is 27.0. The minimum Gasteiger partial charge on any atom is -0.326 e. The van der Waals surface area contributed by atoms with Crippen LogP contribution in [0.15, 0.2) is 54.6 Å². The molecule has 4 rings (SSSR count). The first kappa shape index (κ1) is 20.0. The van der Waals surface area contributed by atoms with E-state index < -0.39 is 0 Å². The zero-order valence-electron chi connectivity index (χ0n) is 17.9. The van der Waals surface area contributed by atoms with Crippen LogP contribution in [0, 0.1) is 33.6 Å². The highest BCUT2D eigenvalue weighted by molar-refractivity contribution is 6.03. The maximum atomic E-state index is 12.8. The fourth-order valence-electron chi connectivity index (χ4n) is 4.04. The van der Waals surface area contributed by atoms with Crippen molar-refractivity contribution in [3.63, 3.8) is 0 Å². The zero-order valence-corrected chi connectivity index (χ0v) is 17.9. The lowest BCUT2D eigenvalue weighted by Crippen LogP contribution is -2.28. The van der Waals surface area contributed by atoms with Crippen molar-refractivity contribution < 1.29 is 9.59 Å². The van der Waals surface area contributed by atoms with Gasteiger partial charge in [-0.2, -0.15) is 0 Å². The van der Waals surface area contributed by atoms with Gasteiger partial charge in [0.2, 0.25) is 11.8 Å². The van der Waals surface area contributed by atoms with E-state index in [4.69, 9.17) is 0 Å². The lowest BCUT2D eigenvalue weighted by atomic mass is 10.1. The third-order valence-corrected chi connectivity index (χ3v) is 5.96. The van der Waals surface area contributed by atoms with Crippen molar-refractivity contribution in [2.45, 2.75) is 34.1 Å². The van der Waals surface area contributed by atoms with Crippen LogP contribution < -0.4 is 10.2 Å². The number of nitrogens with zero attached hydrogens (tertiary/aromatic N) is 2. The molecule has 0 radical (unpaired) electrons. The van der Waals surface area contributed by atoms with Crippen LogP contribution in [0.25, 0.3) is 5.69 Å². The van der Waals surface area contributed by atoms with Gasteiger partial charge in [-0.25, -0.2) is 0 Å². The average Bonchev–Trinajstić information content (AvgIpc) is 3.27. The molecular formula is C25H27N3O2. The third-order valence-electron chi connectivity index (χ3n) is 5.96. The first-order valence-electron chi connectivity index (χ1n) is 10.3. The Morgan fingerprint density at radius 3 is 2.13 bits per heavy atom. The molecule has 1 N–H and O–H groups in total. The van der Waals surface area contributed by atoms with Crippen LogP contribution in [0.2, 0.25) is 0 Å². The number of hydrogen-bond donors (Lipinski definition) is 1. The van der Waals surface area contributed by atoms with E-state index in [2.05, 4.69) is 35.9 Å². The van der Waals surface area contributed by atoms with Crippen molar-refractivity contribution in [2.24, 2.45) is 5.92 Å². The number of rotatable bonds is 4. The van der Waals surface area contributed by atoms with Gasteiger partial charge in [0.1, 0.15) is 0 Å². The van der Waals surface area contributed by atoms with Crippen LogP contribution in [0.4, 0.5) is 11.4 Å². The predicted octanol–water partition coefficient (Wildman–Crippen LogP) is 4.70. The average molecular weight is 402 g/mol. The fourth-order valence-corrected chi connectivity index (χ4v) is 4.04. The molecule has 1 aliphatic rings. The molecule has 154 valence electrons. The maximum Gasteiger partial charge on any atom is 0.229 e. The minimum absolute atomic E-state index is 0.00712. The van der Waals surface area contributed by atoms with E-state index in [0.717, 1.165) is 22.6 Å². The fraction of sp³-hybridized carbons (Fsp3) is 0.280. The molecule has 0 spiro atoms. The largest absolute Gasteiger partial charge is 0.326 e. The maximum absolute atomic E-state index is 12.8. The van der Waals surface area contributed by atoms with Gasteiger partial charge in [-0.3, -0.25) is 9.59 Å². The number of hydrogen-bond acceptors (Lipinski definition) is 2. The smallest absolute Gasteiger partial charge is 0.229 e. The molecular weight excluding hydrogens is 374 g/mol. The summed E-state index contributed by atoms with van der Waals surface area (Å²) in [5, 5.41) is 2.97. The predicted molar refractivity (Wildman–Crippen MR) is 120 cm³/mol. The number of aromatic nitrogens is 1. The molecule has 1 atom stereocenters. The topological polar surface area (TPSA) is 54.3 Å². The van der Waals surface area contributed by atoms with Gasteiger partial charge in [-0.1, -0.05) is 6.07 Å². The number of anilines is 2. The molecule has 2 aromatic carbocycles. The molecule has 0 aliphatic carbocycles. The van der Waals surface area contributed by atoms with E-state index in [-0.39, 0.29) is 24.2 Å². The van der Waals surface area contributed by atoms with Crippen molar-refractivity contribution in [1.29, 1.82) is 0 Å². The van der Waals surface area contributed by atoms with Crippen molar-refractivity contribution in [2.75, 3.05) is 16.8 Å². The normalized spacial score (nSPS) is 16.2. The van der Waals surface area contributed by atoms with Gasteiger partial charge < -0.3 is 14.8 Å². The Balaban J connectivity index is 1.44. The highest BCUT2D eigenvalue weighted by atomic mass is 16.2. The SMILES string of the molecule is Cc1ccc(N2C[C@H](C(=O)Nc3ccc(-n4c(C)ccc4C)cc3)CC2=O)cc1C. The highest BCUT2D eigenvalue weighted by Crippen LogP contribution is 2.28. The number of amides is 2. The molecule has 1 aromatic heterocycles. The number of nitrogens with one attached hydrogen (secondary N) is 1. The third kappa shape index (κ3) is 3.75. The molecule has 0 bridgehead atoms. The summed E-state index contributed by atoms with van der Waals surface area (Å²) in [7, 11) is 0. The quantitative estimate of drug-likeness (QED) is 0.689. The Morgan fingerprint density at radius 2 is 1.50 bits per heavy atom. The van der Waals surface area contributed by atoms with E-state index in [1.54, 1.807) is 4.90 Å². The van der Waals surface area contributed by atoms with Crippen LogP contribution in [-0.2, 0) is 9.59 Å². The monoisotopic (exact) mass is 401 g/mol. The second kappa shape index (κ2) is 7.82. The molecule has 3 aromatic rings. The van der Waals surface area contributed by atoms with Crippen LogP contribution >= 0.6 is 0 Å². The molecule has 1 aliphatic heterocycles. The van der Waals surface area contributed by atoms with E-state index in [1.807, 2.05) is 56.3 Å². The number of carbonyl (C=O) groups is 2. The van der Waals surface area contributed by atoms with Gasteiger partial charge in [0.25, 0.3) is 0 Å². The summed E-state index contributed by atoms with van der Waals surface area (Å²) < 4.78 is 2.17. The van der Waals surface area contributed by atoms with Crippen LogP contribution in [-0.4, -0.2) is 22.9 Å². The van der Waals surface area contributed by atoms with Crippen molar-refractivity contribution >= 4 is 23.2 Å². The molecule has 5 heteroatoms.